The molecule has 3 aliphatic rings. The Morgan fingerprint density at radius 3 is 2.59 bits per heavy atom. The van der Waals surface area contributed by atoms with Gasteiger partial charge in [0.05, 0.1) is 5.92 Å². The van der Waals surface area contributed by atoms with E-state index in [1.165, 1.54) is 0 Å². The summed E-state index contributed by atoms with van der Waals surface area (Å²) in [6.07, 6.45) is 1.68. The van der Waals surface area contributed by atoms with E-state index in [9.17, 15) is 14.4 Å². The van der Waals surface area contributed by atoms with Crippen molar-refractivity contribution in [2.75, 3.05) is 13.1 Å². The van der Waals surface area contributed by atoms with Crippen LogP contribution in [0.25, 0.3) is 0 Å². The predicted molar refractivity (Wildman–Crippen MR) is 101 cm³/mol. The number of fused-ring (bicyclic) bond motifs is 4. The van der Waals surface area contributed by atoms with Gasteiger partial charge in [-0.25, -0.2) is 0 Å². The molecule has 2 aromatic rings. The van der Waals surface area contributed by atoms with E-state index >= 15 is 0 Å². The van der Waals surface area contributed by atoms with Crippen molar-refractivity contribution in [1.82, 2.24) is 14.8 Å². The second-order valence-corrected chi connectivity index (χ2v) is 7.47. The summed E-state index contributed by atoms with van der Waals surface area (Å²) >= 11 is 0. The van der Waals surface area contributed by atoms with Gasteiger partial charge < -0.3 is 14.8 Å². The molecule has 3 saturated heterocycles. The summed E-state index contributed by atoms with van der Waals surface area (Å²) in [7, 11) is 0. The van der Waals surface area contributed by atoms with E-state index < -0.39 is 0 Å². The summed E-state index contributed by atoms with van der Waals surface area (Å²) in [4.78, 5) is 44.4. The summed E-state index contributed by atoms with van der Waals surface area (Å²) in [5.41, 5.74) is 1.58. The molecule has 3 fully saturated rings. The molecule has 4 heterocycles. The van der Waals surface area contributed by atoms with Crippen LogP contribution in [0.4, 0.5) is 0 Å². The molecule has 140 valence electrons. The molecule has 2 bridgehead atoms. The Labute approximate surface area is 157 Å². The second kappa shape index (κ2) is 7.02. The molecule has 2 amide bonds. The van der Waals surface area contributed by atoms with Gasteiger partial charge in [-0.3, -0.25) is 14.4 Å². The van der Waals surface area contributed by atoms with Crippen molar-refractivity contribution in [1.29, 1.82) is 0 Å². The lowest BCUT2D eigenvalue weighted by molar-refractivity contribution is -0.140. The number of hydrogen-bond donors (Lipinski definition) is 1. The first-order chi connectivity index (χ1) is 13.0. The van der Waals surface area contributed by atoms with Gasteiger partial charge in [0.15, 0.2) is 0 Å². The fourth-order valence-corrected chi connectivity index (χ4v) is 4.11. The minimum Gasteiger partial charge on any atom is -0.336 e. The number of aromatic amines is 1. The molecular weight excluding hydrogens is 342 g/mol. The molecule has 1 N–H and O–H groups in total. The lowest BCUT2D eigenvalue weighted by Gasteiger charge is -2.36. The van der Waals surface area contributed by atoms with Crippen LogP contribution >= 0.6 is 0 Å². The standard InChI is InChI=1S/C21H23N3O3/c1-14-7-10-18(19(25)22-14)21(27)23-12-16-8-9-17(13-23)24(20(16)26)11-15-5-3-2-4-6-15/h2-7,10,16-17H,8-9,11-13H2,1H3,(H,22,25)/t16-,17+/m0/s1. The number of carbonyl (C=O) groups is 2. The molecule has 0 radical (unpaired) electrons. The summed E-state index contributed by atoms with van der Waals surface area (Å²) in [5.74, 6) is -0.369. The van der Waals surface area contributed by atoms with Crippen molar-refractivity contribution < 1.29 is 9.59 Å². The van der Waals surface area contributed by atoms with Crippen LogP contribution in [0.2, 0.25) is 0 Å². The Morgan fingerprint density at radius 2 is 1.85 bits per heavy atom. The number of amides is 2. The zero-order chi connectivity index (χ0) is 19.0. The molecule has 6 heteroatoms. The monoisotopic (exact) mass is 365 g/mol. The maximum absolute atomic E-state index is 13.0. The highest BCUT2D eigenvalue weighted by molar-refractivity contribution is 5.94. The van der Waals surface area contributed by atoms with E-state index in [1.54, 1.807) is 24.0 Å². The fraction of sp³-hybridized carbons (Fsp3) is 0.381. The number of carbonyl (C=O) groups excluding carboxylic acids is 2. The Bertz CT molecular complexity index is 922. The maximum atomic E-state index is 13.0. The van der Waals surface area contributed by atoms with E-state index in [0.717, 1.165) is 24.1 Å². The quantitative estimate of drug-likeness (QED) is 0.903. The Morgan fingerprint density at radius 1 is 1.07 bits per heavy atom. The van der Waals surface area contributed by atoms with Crippen molar-refractivity contribution in [2.24, 2.45) is 5.92 Å². The lowest BCUT2D eigenvalue weighted by atomic mass is 9.93. The summed E-state index contributed by atoms with van der Waals surface area (Å²) < 4.78 is 0. The van der Waals surface area contributed by atoms with Crippen molar-refractivity contribution in [3.8, 4) is 0 Å². The van der Waals surface area contributed by atoms with Gasteiger partial charge in [-0.15, -0.1) is 0 Å². The molecular formula is C21H23N3O3. The number of H-pyrrole nitrogens is 1. The lowest BCUT2D eigenvalue weighted by Crippen LogP contribution is -2.47. The molecule has 6 nitrogen and oxygen atoms in total. The van der Waals surface area contributed by atoms with Crippen molar-refractivity contribution >= 4 is 11.8 Å². The van der Waals surface area contributed by atoms with Crippen LogP contribution in [0.1, 0.15) is 34.5 Å². The third-order valence-electron chi connectivity index (χ3n) is 5.56. The SMILES string of the molecule is Cc1ccc(C(=O)N2C[C@@H]3CC[C@H](C2)N(Cc2ccccc2)C3=O)c(=O)[nH]1. The predicted octanol–water partition coefficient (Wildman–Crippen LogP) is 1.95. The van der Waals surface area contributed by atoms with Gasteiger partial charge in [0, 0.05) is 31.4 Å². The fourth-order valence-electron chi connectivity index (χ4n) is 4.11. The Hall–Kier alpha value is -2.89. The number of hydrogen-bond acceptors (Lipinski definition) is 3. The van der Waals surface area contributed by atoms with E-state index in [-0.39, 0.29) is 34.9 Å². The van der Waals surface area contributed by atoms with E-state index in [1.807, 2.05) is 35.2 Å². The smallest absolute Gasteiger partial charge is 0.260 e. The van der Waals surface area contributed by atoms with Crippen LogP contribution in [0.3, 0.4) is 0 Å². The normalized spacial score (nSPS) is 22.0. The first-order valence-electron chi connectivity index (χ1n) is 9.36. The summed E-state index contributed by atoms with van der Waals surface area (Å²) in [6.45, 7) is 3.20. The van der Waals surface area contributed by atoms with Gasteiger partial charge in [-0.05, 0) is 37.5 Å². The number of piperidine rings is 1. The number of rotatable bonds is 3. The number of nitrogens with zero attached hydrogens (tertiary/aromatic N) is 2. The largest absolute Gasteiger partial charge is 0.336 e. The van der Waals surface area contributed by atoms with E-state index in [0.29, 0.717) is 19.6 Å². The van der Waals surface area contributed by atoms with Gasteiger partial charge in [-0.1, -0.05) is 30.3 Å². The number of benzene rings is 1. The highest BCUT2D eigenvalue weighted by Crippen LogP contribution is 2.30. The molecule has 2 atom stereocenters. The molecule has 3 aliphatic heterocycles. The van der Waals surface area contributed by atoms with E-state index in [2.05, 4.69) is 4.98 Å². The van der Waals surface area contributed by atoms with Gasteiger partial charge in [0.1, 0.15) is 5.56 Å². The van der Waals surface area contributed by atoms with Gasteiger partial charge in [0.2, 0.25) is 5.91 Å². The summed E-state index contributed by atoms with van der Waals surface area (Å²) in [6, 6.07) is 13.2. The number of nitrogens with one attached hydrogen (secondary N) is 1. The van der Waals surface area contributed by atoms with E-state index in [4.69, 9.17) is 0 Å². The second-order valence-electron chi connectivity index (χ2n) is 7.47. The average molecular weight is 365 g/mol. The average Bonchev–Trinajstić information content (AvgIpc) is 2.95. The van der Waals surface area contributed by atoms with Gasteiger partial charge in [0.25, 0.3) is 11.5 Å². The highest BCUT2D eigenvalue weighted by Gasteiger charge is 2.42. The minimum atomic E-state index is -0.371. The molecule has 1 aromatic heterocycles. The van der Waals surface area contributed by atoms with Crippen LogP contribution in [0.15, 0.2) is 47.3 Å². The number of aromatic nitrogens is 1. The first-order valence-corrected chi connectivity index (χ1v) is 9.36. The molecule has 1 aromatic carbocycles. The zero-order valence-electron chi connectivity index (χ0n) is 15.4. The van der Waals surface area contributed by atoms with Crippen molar-refractivity contribution in [2.45, 2.75) is 32.4 Å². The minimum absolute atomic E-state index is 0.00932. The van der Waals surface area contributed by atoms with Crippen LogP contribution in [-0.4, -0.2) is 45.7 Å². The highest BCUT2D eigenvalue weighted by atomic mass is 16.2. The number of pyridine rings is 1. The maximum Gasteiger partial charge on any atom is 0.260 e. The molecule has 0 saturated carbocycles. The summed E-state index contributed by atoms with van der Waals surface area (Å²) in [5, 5.41) is 0. The third-order valence-corrected chi connectivity index (χ3v) is 5.56. The number of aryl methyl sites for hydroxylation is 1. The van der Waals surface area contributed by atoms with Crippen LogP contribution in [0.5, 0.6) is 0 Å². The van der Waals surface area contributed by atoms with Crippen LogP contribution < -0.4 is 5.56 Å². The van der Waals surface area contributed by atoms with Gasteiger partial charge in [-0.2, -0.15) is 0 Å². The topological polar surface area (TPSA) is 73.5 Å². The Kier molecular flexibility index (Phi) is 4.56. The van der Waals surface area contributed by atoms with Crippen molar-refractivity contribution in [3.05, 3.63) is 69.6 Å². The van der Waals surface area contributed by atoms with Crippen LogP contribution in [0, 0.1) is 12.8 Å². The molecule has 0 aliphatic carbocycles. The van der Waals surface area contributed by atoms with Crippen molar-refractivity contribution in [3.63, 3.8) is 0 Å². The molecule has 0 spiro atoms. The molecule has 5 rings (SSSR count). The molecule has 0 unspecified atom stereocenters. The Balaban J connectivity index is 1.58. The third kappa shape index (κ3) is 3.39. The van der Waals surface area contributed by atoms with Gasteiger partial charge >= 0.3 is 0 Å². The first kappa shape index (κ1) is 17.5. The molecule has 27 heavy (non-hydrogen) atoms. The zero-order valence-corrected chi connectivity index (χ0v) is 15.4. The van der Waals surface area contributed by atoms with Crippen LogP contribution in [-0.2, 0) is 11.3 Å².